The minimum atomic E-state index is 0.560. The smallest absolute Gasteiger partial charge is 0.137 e. The summed E-state index contributed by atoms with van der Waals surface area (Å²) in [7, 11) is 1.71. The predicted octanol–water partition coefficient (Wildman–Crippen LogP) is 3.19. The van der Waals surface area contributed by atoms with Crippen LogP contribution in [0.3, 0.4) is 0 Å². The van der Waals surface area contributed by atoms with Crippen LogP contribution in [0, 0.1) is 0 Å². The van der Waals surface area contributed by atoms with Crippen molar-refractivity contribution in [2.75, 3.05) is 7.11 Å². The van der Waals surface area contributed by atoms with Crippen LogP contribution in [-0.4, -0.2) is 7.11 Å². The quantitative estimate of drug-likeness (QED) is 0.846. The Hall–Kier alpha value is -0.540. The van der Waals surface area contributed by atoms with Gasteiger partial charge in [-0.25, -0.2) is 0 Å². The summed E-state index contributed by atoms with van der Waals surface area (Å²) in [5.41, 5.74) is 9.94. The number of aryl methyl sites for hydroxylation is 1. The van der Waals surface area contributed by atoms with Crippen molar-refractivity contribution in [3.63, 3.8) is 0 Å². The summed E-state index contributed by atoms with van der Waals surface area (Å²) in [5, 5.41) is 0. The summed E-state index contributed by atoms with van der Waals surface area (Å²) in [5.74, 6) is 0.920. The monoisotopic (exact) mass is 283 g/mol. The normalized spacial score (nSPS) is 15.4. The maximum Gasteiger partial charge on any atom is 0.137 e. The van der Waals surface area contributed by atoms with Crippen molar-refractivity contribution in [2.45, 2.75) is 38.6 Å². The van der Waals surface area contributed by atoms with Crippen LogP contribution in [0.25, 0.3) is 0 Å². The van der Waals surface area contributed by atoms with Gasteiger partial charge in [0.25, 0.3) is 0 Å². The molecule has 0 saturated heterocycles. The molecule has 0 radical (unpaired) electrons. The van der Waals surface area contributed by atoms with Gasteiger partial charge in [0.1, 0.15) is 5.75 Å². The van der Waals surface area contributed by atoms with Crippen molar-refractivity contribution < 1.29 is 4.74 Å². The molecule has 1 aromatic rings. The molecule has 0 heterocycles. The zero-order chi connectivity index (χ0) is 11.5. The predicted molar refractivity (Wildman–Crippen MR) is 69.8 cm³/mol. The van der Waals surface area contributed by atoms with Crippen molar-refractivity contribution in [1.29, 1.82) is 0 Å². The van der Waals surface area contributed by atoms with Gasteiger partial charge in [0.15, 0.2) is 0 Å². The number of methoxy groups -OCH3 is 1. The fourth-order valence-electron chi connectivity index (χ4n) is 2.55. The van der Waals surface area contributed by atoms with Crippen molar-refractivity contribution in [3.8, 4) is 5.75 Å². The van der Waals surface area contributed by atoms with E-state index >= 15 is 0 Å². The molecule has 3 heteroatoms. The van der Waals surface area contributed by atoms with E-state index in [1.54, 1.807) is 7.11 Å². The summed E-state index contributed by atoms with van der Waals surface area (Å²) < 4.78 is 6.49. The van der Waals surface area contributed by atoms with Crippen molar-refractivity contribution in [1.82, 2.24) is 0 Å². The molecule has 0 amide bonds. The molecule has 0 bridgehead atoms. The van der Waals surface area contributed by atoms with E-state index in [1.165, 1.54) is 42.4 Å². The van der Waals surface area contributed by atoms with Gasteiger partial charge in [-0.1, -0.05) is 6.42 Å². The van der Waals surface area contributed by atoms with E-state index < -0.39 is 0 Å². The highest BCUT2D eigenvalue weighted by Gasteiger charge is 2.17. The summed E-state index contributed by atoms with van der Waals surface area (Å²) in [4.78, 5) is 0. The molecule has 0 unspecified atom stereocenters. The Balaban J connectivity index is 2.56. The average molecular weight is 284 g/mol. The van der Waals surface area contributed by atoms with Crippen LogP contribution in [0.2, 0.25) is 0 Å². The zero-order valence-corrected chi connectivity index (χ0v) is 11.3. The lowest BCUT2D eigenvalue weighted by Crippen LogP contribution is -2.07. The Morgan fingerprint density at radius 2 is 2.06 bits per heavy atom. The van der Waals surface area contributed by atoms with Gasteiger partial charge in [-0.2, -0.15) is 0 Å². The molecule has 88 valence electrons. The molecule has 0 fully saturated rings. The number of rotatable bonds is 2. The first kappa shape index (κ1) is 11.9. The molecule has 2 rings (SSSR count). The highest BCUT2D eigenvalue weighted by molar-refractivity contribution is 9.10. The first-order chi connectivity index (χ1) is 7.77. The van der Waals surface area contributed by atoms with E-state index in [0.717, 1.165) is 16.6 Å². The maximum atomic E-state index is 5.87. The number of fused-ring (bicyclic) bond motifs is 1. The minimum absolute atomic E-state index is 0.560. The van der Waals surface area contributed by atoms with Gasteiger partial charge in [-0.3, -0.25) is 0 Å². The second kappa shape index (κ2) is 5.19. The maximum absolute atomic E-state index is 5.87. The van der Waals surface area contributed by atoms with E-state index in [-0.39, 0.29) is 0 Å². The first-order valence-corrected chi connectivity index (χ1v) is 6.64. The highest BCUT2D eigenvalue weighted by Crippen LogP contribution is 2.36. The van der Waals surface area contributed by atoms with Gasteiger partial charge in [0.2, 0.25) is 0 Å². The van der Waals surface area contributed by atoms with Crippen LogP contribution in [0.5, 0.6) is 5.75 Å². The number of hydrogen-bond acceptors (Lipinski definition) is 2. The summed E-state index contributed by atoms with van der Waals surface area (Å²) in [6, 6.07) is 2.21. The number of nitrogens with two attached hydrogens (primary N) is 1. The second-order valence-corrected chi connectivity index (χ2v) is 5.13. The van der Waals surface area contributed by atoms with E-state index in [1.807, 2.05) is 0 Å². The third-order valence-corrected chi connectivity index (χ3v) is 3.91. The largest absolute Gasteiger partial charge is 0.495 e. The molecule has 0 atom stereocenters. The van der Waals surface area contributed by atoms with Crippen molar-refractivity contribution in [2.24, 2.45) is 5.73 Å². The van der Waals surface area contributed by atoms with Crippen LogP contribution in [0.4, 0.5) is 0 Å². The third kappa shape index (κ3) is 2.11. The van der Waals surface area contributed by atoms with Crippen molar-refractivity contribution in [3.05, 3.63) is 27.2 Å². The Kier molecular flexibility index (Phi) is 3.87. The van der Waals surface area contributed by atoms with Gasteiger partial charge >= 0.3 is 0 Å². The Morgan fingerprint density at radius 1 is 1.31 bits per heavy atom. The van der Waals surface area contributed by atoms with E-state index in [4.69, 9.17) is 10.5 Å². The molecule has 2 nitrogen and oxygen atoms in total. The van der Waals surface area contributed by atoms with Gasteiger partial charge in [0, 0.05) is 12.1 Å². The number of ether oxygens (including phenoxy) is 1. The van der Waals surface area contributed by atoms with Gasteiger partial charge in [-0.15, -0.1) is 0 Å². The molecular formula is C13H18BrNO. The lowest BCUT2D eigenvalue weighted by Gasteiger charge is -2.17. The Morgan fingerprint density at radius 3 is 2.75 bits per heavy atom. The highest BCUT2D eigenvalue weighted by atomic mass is 79.9. The summed E-state index contributed by atoms with van der Waals surface area (Å²) in [6.07, 6.45) is 6.19. The van der Waals surface area contributed by atoms with E-state index in [0.29, 0.717) is 6.54 Å². The van der Waals surface area contributed by atoms with E-state index in [2.05, 4.69) is 22.0 Å². The van der Waals surface area contributed by atoms with Crippen LogP contribution in [0.1, 0.15) is 36.0 Å². The first-order valence-electron chi connectivity index (χ1n) is 5.85. The number of halogens is 1. The summed E-state index contributed by atoms with van der Waals surface area (Å²) >= 11 is 3.57. The number of hydrogen-bond donors (Lipinski definition) is 1. The van der Waals surface area contributed by atoms with Crippen LogP contribution in [0.15, 0.2) is 10.5 Å². The fraction of sp³-hybridized carbons (Fsp3) is 0.538. The van der Waals surface area contributed by atoms with Gasteiger partial charge in [0.05, 0.1) is 11.6 Å². The molecule has 0 aromatic heterocycles. The molecule has 16 heavy (non-hydrogen) atoms. The SMILES string of the molecule is COc1c(Br)cc2c(c1CN)CCCCC2. The Labute approximate surface area is 105 Å². The second-order valence-electron chi connectivity index (χ2n) is 4.27. The molecule has 1 aliphatic carbocycles. The molecule has 0 aliphatic heterocycles. The third-order valence-electron chi connectivity index (χ3n) is 3.32. The Bertz CT molecular complexity index is 390. The standard InChI is InChI=1S/C13H18BrNO/c1-16-13-11(8-15)10-6-4-2-3-5-9(10)7-12(13)14/h7H,2-6,8,15H2,1H3. The zero-order valence-electron chi connectivity index (χ0n) is 9.68. The van der Waals surface area contributed by atoms with Crippen LogP contribution in [-0.2, 0) is 19.4 Å². The number of benzene rings is 1. The molecule has 1 aromatic carbocycles. The summed E-state index contributed by atoms with van der Waals surface area (Å²) in [6.45, 7) is 0.560. The molecule has 2 N–H and O–H groups in total. The lowest BCUT2D eigenvalue weighted by atomic mass is 9.96. The molecule has 0 spiro atoms. The van der Waals surface area contributed by atoms with E-state index in [9.17, 15) is 0 Å². The average Bonchev–Trinajstić information content (AvgIpc) is 2.52. The van der Waals surface area contributed by atoms with Gasteiger partial charge < -0.3 is 10.5 Å². The van der Waals surface area contributed by atoms with Crippen LogP contribution < -0.4 is 10.5 Å². The lowest BCUT2D eigenvalue weighted by molar-refractivity contribution is 0.406. The van der Waals surface area contributed by atoms with Crippen LogP contribution >= 0.6 is 15.9 Å². The topological polar surface area (TPSA) is 35.2 Å². The minimum Gasteiger partial charge on any atom is -0.495 e. The molecular weight excluding hydrogens is 266 g/mol. The molecule has 0 saturated carbocycles. The van der Waals surface area contributed by atoms with Gasteiger partial charge in [-0.05, 0) is 58.8 Å². The molecule has 1 aliphatic rings. The fourth-order valence-corrected chi connectivity index (χ4v) is 3.22. The van der Waals surface area contributed by atoms with Crippen molar-refractivity contribution >= 4 is 15.9 Å².